The van der Waals surface area contributed by atoms with E-state index in [2.05, 4.69) is 29.2 Å². The van der Waals surface area contributed by atoms with Crippen LogP contribution in [0.3, 0.4) is 0 Å². The Morgan fingerprint density at radius 2 is 1.53 bits per heavy atom. The highest BCUT2D eigenvalue weighted by atomic mass is 19.1. The maximum Gasteiger partial charge on any atom is 0.137 e. The Balaban J connectivity index is 1.20. The highest BCUT2D eigenvalue weighted by Crippen LogP contribution is 2.28. The van der Waals surface area contributed by atoms with Gasteiger partial charge in [-0.2, -0.15) is 0 Å². The molecule has 0 unspecified atom stereocenters. The summed E-state index contributed by atoms with van der Waals surface area (Å²) in [5.41, 5.74) is 9.12. The van der Waals surface area contributed by atoms with Gasteiger partial charge in [-0.05, 0) is 79.2 Å². The number of nitrogens with zero attached hydrogens (tertiary/aromatic N) is 1. The molecular formula is C28H33FN2O3. The molecule has 1 atom stereocenters. The number of halogens is 1. The van der Waals surface area contributed by atoms with E-state index in [1.54, 1.807) is 6.07 Å². The number of hydrogen-bond acceptors (Lipinski definition) is 5. The number of hydrogen-bond donors (Lipinski definition) is 2. The first-order valence-electron chi connectivity index (χ1n) is 11.9. The van der Waals surface area contributed by atoms with Gasteiger partial charge in [-0.3, -0.25) is 5.73 Å². The van der Waals surface area contributed by atoms with Crippen LogP contribution in [0.4, 0.5) is 4.39 Å². The van der Waals surface area contributed by atoms with Crippen LogP contribution in [0.15, 0.2) is 72.8 Å². The van der Waals surface area contributed by atoms with E-state index in [4.69, 9.17) is 15.2 Å². The van der Waals surface area contributed by atoms with Gasteiger partial charge in [0.25, 0.3) is 0 Å². The third-order valence-corrected chi connectivity index (χ3v) is 6.33. The van der Waals surface area contributed by atoms with Crippen LogP contribution in [0.1, 0.15) is 35.4 Å². The number of aliphatic hydroxyl groups excluding tert-OH is 1. The molecule has 1 aliphatic heterocycles. The average molecular weight is 465 g/mol. The van der Waals surface area contributed by atoms with Crippen LogP contribution < -0.4 is 15.2 Å². The van der Waals surface area contributed by atoms with Crippen molar-refractivity contribution >= 4 is 0 Å². The molecule has 1 saturated heterocycles. The number of nitrogens with two attached hydrogens (primary N) is 1. The minimum absolute atomic E-state index is 0.113. The molecule has 1 aliphatic rings. The summed E-state index contributed by atoms with van der Waals surface area (Å²) in [5.74, 6) is 1.65. The fourth-order valence-electron chi connectivity index (χ4n) is 4.49. The maximum absolute atomic E-state index is 13.1. The van der Waals surface area contributed by atoms with E-state index in [1.165, 1.54) is 23.3 Å². The van der Waals surface area contributed by atoms with E-state index >= 15 is 0 Å². The SMILES string of the molecule is NCOc1cccc(OC[C@@H](O)CN2CCC(c3ccc(Cc4ccc(F)cc4)cc3)CC2)c1. The highest BCUT2D eigenvalue weighted by Gasteiger charge is 2.22. The Kier molecular flexibility index (Phi) is 8.52. The van der Waals surface area contributed by atoms with Gasteiger partial charge in [-0.25, -0.2) is 4.39 Å². The zero-order valence-electron chi connectivity index (χ0n) is 19.4. The molecule has 180 valence electrons. The van der Waals surface area contributed by atoms with E-state index in [-0.39, 0.29) is 19.2 Å². The fraction of sp³-hybridized carbons (Fsp3) is 0.357. The number of benzene rings is 3. The summed E-state index contributed by atoms with van der Waals surface area (Å²) >= 11 is 0. The number of likely N-dealkylation sites (tertiary alicyclic amines) is 1. The van der Waals surface area contributed by atoms with Crippen molar-refractivity contribution in [1.29, 1.82) is 0 Å². The largest absolute Gasteiger partial charge is 0.491 e. The van der Waals surface area contributed by atoms with Crippen molar-refractivity contribution in [2.24, 2.45) is 5.73 Å². The molecule has 0 amide bonds. The summed E-state index contributed by atoms with van der Waals surface area (Å²) in [6.45, 7) is 2.86. The molecule has 3 aromatic carbocycles. The minimum atomic E-state index is -0.554. The summed E-state index contributed by atoms with van der Waals surface area (Å²) in [5, 5.41) is 10.4. The molecule has 34 heavy (non-hydrogen) atoms. The second-order valence-electron chi connectivity index (χ2n) is 8.87. The molecule has 3 aromatic rings. The van der Waals surface area contributed by atoms with Gasteiger partial charge in [0.15, 0.2) is 0 Å². The van der Waals surface area contributed by atoms with E-state index in [0.29, 0.717) is 24.0 Å². The van der Waals surface area contributed by atoms with Gasteiger partial charge < -0.3 is 19.5 Å². The van der Waals surface area contributed by atoms with E-state index in [1.807, 2.05) is 30.3 Å². The van der Waals surface area contributed by atoms with E-state index < -0.39 is 6.10 Å². The fourth-order valence-corrected chi connectivity index (χ4v) is 4.49. The minimum Gasteiger partial charge on any atom is -0.491 e. The molecule has 0 spiro atoms. The zero-order valence-corrected chi connectivity index (χ0v) is 19.4. The van der Waals surface area contributed by atoms with Gasteiger partial charge in [0, 0.05) is 12.6 Å². The second kappa shape index (κ2) is 12.0. The van der Waals surface area contributed by atoms with Crippen LogP contribution in [0.25, 0.3) is 0 Å². The first kappa shape index (κ1) is 24.2. The van der Waals surface area contributed by atoms with Crippen LogP contribution >= 0.6 is 0 Å². The molecule has 1 heterocycles. The third-order valence-electron chi connectivity index (χ3n) is 6.33. The summed E-state index contributed by atoms with van der Waals surface area (Å²) in [6.07, 6.45) is 2.40. The number of rotatable bonds is 10. The lowest BCUT2D eigenvalue weighted by Gasteiger charge is -2.33. The van der Waals surface area contributed by atoms with E-state index in [9.17, 15) is 9.50 Å². The zero-order chi connectivity index (χ0) is 23.8. The predicted octanol–water partition coefficient (Wildman–Crippen LogP) is 4.33. The number of aliphatic hydroxyl groups is 1. The highest BCUT2D eigenvalue weighted by molar-refractivity contribution is 5.33. The molecule has 1 fully saturated rings. The Labute approximate surface area is 200 Å². The molecule has 0 aliphatic carbocycles. The van der Waals surface area contributed by atoms with Crippen molar-refractivity contribution in [3.63, 3.8) is 0 Å². The first-order valence-corrected chi connectivity index (χ1v) is 11.9. The third kappa shape index (κ3) is 7.03. The summed E-state index contributed by atoms with van der Waals surface area (Å²) < 4.78 is 24.1. The van der Waals surface area contributed by atoms with Crippen LogP contribution in [0.2, 0.25) is 0 Å². The first-order chi connectivity index (χ1) is 16.6. The topological polar surface area (TPSA) is 68.0 Å². The average Bonchev–Trinajstić information content (AvgIpc) is 2.86. The maximum atomic E-state index is 13.1. The monoisotopic (exact) mass is 464 g/mol. The van der Waals surface area contributed by atoms with Gasteiger partial charge >= 0.3 is 0 Å². The molecular weight excluding hydrogens is 431 g/mol. The Hall–Kier alpha value is -2.93. The molecule has 3 N–H and O–H groups in total. The number of ether oxygens (including phenoxy) is 2. The smallest absolute Gasteiger partial charge is 0.137 e. The lowest BCUT2D eigenvalue weighted by atomic mass is 9.88. The molecule has 5 nitrogen and oxygen atoms in total. The Morgan fingerprint density at radius 3 is 2.18 bits per heavy atom. The van der Waals surface area contributed by atoms with Gasteiger partial charge in [0.1, 0.15) is 36.8 Å². The lowest BCUT2D eigenvalue weighted by Crippen LogP contribution is -2.40. The van der Waals surface area contributed by atoms with Gasteiger partial charge in [0.05, 0.1) is 0 Å². The number of piperidine rings is 1. The second-order valence-corrected chi connectivity index (χ2v) is 8.87. The van der Waals surface area contributed by atoms with Gasteiger partial charge in [0.2, 0.25) is 0 Å². The summed E-state index contributed by atoms with van der Waals surface area (Å²) in [6, 6.07) is 22.8. The quantitative estimate of drug-likeness (QED) is 0.437. The Morgan fingerprint density at radius 1 is 0.912 bits per heavy atom. The molecule has 4 rings (SSSR count). The van der Waals surface area contributed by atoms with Crippen molar-refractivity contribution < 1.29 is 19.0 Å². The van der Waals surface area contributed by atoms with Crippen LogP contribution in [-0.2, 0) is 6.42 Å². The molecule has 0 bridgehead atoms. The van der Waals surface area contributed by atoms with Crippen LogP contribution in [-0.4, -0.2) is 49.1 Å². The van der Waals surface area contributed by atoms with Gasteiger partial charge in [-0.15, -0.1) is 0 Å². The normalized spacial score (nSPS) is 15.7. The molecule has 6 heteroatoms. The lowest BCUT2D eigenvalue weighted by molar-refractivity contribution is 0.0593. The van der Waals surface area contributed by atoms with Crippen molar-refractivity contribution in [1.82, 2.24) is 4.90 Å². The van der Waals surface area contributed by atoms with Crippen LogP contribution in [0, 0.1) is 5.82 Å². The van der Waals surface area contributed by atoms with E-state index in [0.717, 1.165) is 37.9 Å². The molecule has 0 radical (unpaired) electrons. The molecule has 0 aromatic heterocycles. The Bertz CT molecular complexity index is 1020. The van der Waals surface area contributed by atoms with Gasteiger partial charge in [-0.1, -0.05) is 42.5 Å². The van der Waals surface area contributed by atoms with Crippen molar-refractivity contribution in [2.75, 3.05) is 33.0 Å². The standard InChI is InChI=1S/C28H33FN2O3/c29-25-10-6-22(7-11-25)16-21-4-8-23(9-5-21)24-12-14-31(15-13-24)18-26(32)19-33-27-2-1-3-28(17-27)34-20-30/h1-11,17,24,26,32H,12-16,18-20,30H2/t26-/m0/s1. The summed E-state index contributed by atoms with van der Waals surface area (Å²) in [4.78, 5) is 2.31. The predicted molar refractivity (Wildman–Crippen MR) is 132 cm³/mol. The molecule has 0 saturated carbocycles. The van der Waals surface area contributed by atoms with Crippen molar-refractivity contribution in [3.8, 4) is 11.5 Å². The van der Waals surface area contributed by atoms with Crippen molar-refractivity contribution in [3.05, 3.63) is 95.3 Å². The van der Waals surface area contributed by atoms with Crippen molar-refractivity contribution in [2.45, 2.75) is 31.3 Å². The summed E-state index contributed by atoms with van der Waals surface area (Å²) in [7, 11) is 0. The van der Waals surface area contributed by atoms with Crippen LogP contribution in [0.5, 0.6) is 11.5 Å². The number of β-amino-alcohol motifs (C(OH)–C–C–N with tert-alkyl or cyclic N) is 1.